The maximum absolute atomic E-state index is 6.09. The van der Waals surface area contributed by atoms with E-state index in [0.29, 0.717) is 6.10 Å². The molecule has 110 valence electrons. The number of ether oxygens (including phenoxy) is 1. The molecule has 2 atom stereocenters. The van der Waals surface area contributed by atoms with Crippen molar-refractivity contribution in [1.82, 2.24) is 4.90 Å². The van der Waals surface area contributed by atoms with Crippen molar-refractivity contribution in [3.8, 4) is 5.75 Å². The first kappa shape index (κ1) is 13.9. The monoisotopic (exact) mass is 274 g/mol. The van der Waals surface area contributed by atoms with Gasteiger partial charge in [0.2, 0.25) is 0 Å². The van der Waals surface area contributed by atoms with Gasteiger partial charge in [0.1, 0.15) is 11.9 Å². The van der Waals surface area contributed by atoms with E-state index < -0.39 is 0 Å². The summed E-state index contributed by atoms with van der Waals surface area (Å²) in [4.78, 5) is 2.58. The Hall–Kier alpha value is -1.06. The van der Waals surface area contributed by atoms with Crippen LogP contribution in [0.25, 0.3) is 0 Å². The highest BCUT2D eigenvalue weighted by Crippen LogP contribution is 2.30. The topological polar surface area (TPSA) is 38.5 Å². The molecule has 20 heavy (non-hydrogen) atoms. The molecule has 1 fully saturated rings. The Morgan fingerprint density at radius 1 is 1.40 bits per heavy atom. The molecule has 2 unspecified atom stereocenters. The zero-order valence-electron chi connectivity index (χ0n) is 12.5. The Kier molecular flexibility index (Phi) is 4.27. The predicted molar refractivity (Wildman–Crippen MR) is 82.1 cm³/mol. The predicted octanol–water partition coefficient (Wildman–Crippen LogP) is 2.36. The average molecular weight is 274 g/mol. The zero-order valence-corrected chi connectivity index (χ0v) is 12.5. The van der Waals surface area contributed by atoms with Crippen LogP contribution in [0.2, 0.25) is 0 Å². The van der Waals surface area contributed by atoms with Gasteiger partial charge in [-0.2, -0.15) is 0 Å². The number of hydrogen-bond donors (Lipinski definition) is 1. The van der Waals surface area contributed by atoms with E-state index in [4.69, 9.17) is 10.5 Å². The zero-order chi connectivity index (χ0) is 13.9. The molecule has 1 aromatic carbocycles. The molecule has 0 radical (unpaired) electrons. The maximum atomic E-state index is 6.09. The van der Waals surface area contributed by atoms with E-state index in [-0.39, 0.29) is 0 Å². The normalized spacial score (nSPS) is 26.3. The van der Waals surface area contributed by atoms with Crippen molar-refractivity contribution in [3.63, 3.8) is 0 Å². The van der Waals surface area contributed by atoms with Gasteiger partial charge in [0.15, 0.2) is 0 Å². The molecule has 1 saturated heterocycles. The minimum atomic E-state index is 0.337. The average Bonchev–Trinajstić information content (AvgIpc) is 2.81. The van der Waals surface area contributed by atoms with Gasteiger partial charge in [-0.3, -0.25) is 4.90 Å². The van der Waals surface area contributed by atoms with E-state index >= 15 is 0 Å². The Morgan fingerprint density at radius 3 is 3.15 bits per heavy atom. The van der Waals surface area contributed by atoms with Crippen molar-refractivity contribution in [2.45, 2.75) is 38.7 Å². The van der Waals surface area contributed by atoms with Gasteiger partial charge >= 0.3 is 0 Å². The Morgan fingerprint density at radius 2 is 2.30 bits per heavy atom. The minimum absolute atomic E-state index is 0.337. The number of piperidine rings is 1. The van der Waals surface area contributed by atoms with E-state index in [1.54, 1.807) is 0 Å². The lowest BCUT2D eigenvalue weighted by molar-refractivity contribution is 0.109. The summed E-state index contributed by atoms with van der Waals surface area (Å²) in [7, 11) is 0. The summed E-state index contributed by atoms with van der Waals surface area (Å²) >= 11 is 0. The van der Waals surface area contributed by atoms with Crippen LogP contribution in [0, 0.1) is 12.8 Å². The number of likely N-dealkylation sites (tertiary alicyclic amines) is 1. The number of benzene rings is 1. The maximum Gasteiger partial charge on any atom is 0.123 e. The lowest BCUT2D eigenvalue weighted by atomic mass is 9.94. The molecule has 3 rings (SSSR count). The van der Waals surface area contributed by atoms with Crippen LogP contribution in [0.4, 0.5) is 0 Å². The second kappa shape index (κ2) is 6.15. The molecule has 2 aliphatic heterocycles. The van der Waals surface area contributed by atoms with Crippen LogP contribution >= 0.6 is 0 Å². The molecule has 0 saturated carbocycles. The molecule has 2 N–H and O–H groups in total. The molecule has 3 nitrogen and oxygen atoms in total. The summed E-state index contributed by atoms with van der Waals surface area (Å²) in [6.45, 7) is 6.45. The Bertz CT molecular complexity index is 458. The summed E-state index contributed by atoms with van der Waals surface area (Å²) in [5.74, 6) is 1.89. The summed E-state index contributed by atoms with van der Waals surface area (Å²) in [6, 6.07) is 6.53. The molecule has 2 aliphatic rings. The van der Waals surface area contributed by atoms with Crippen LogP contribution in [0.1, 0.15) is 30.4 Å². The van der Waals surface area contributed by atoms with E-state index in [9.17, 15) is 0 Å². The van der Waals surface area contributed by atoms with Crippen LogP contribution in [-0.4, -0.2) is 37.2 Å². The summed E-state index contributed by atoms with van der Waals surface area (Å²) in [6.07, 6.45) is 5.22. The van der Waals surface area contributed by atoms with Crippen molar-refractivity contribution in [2.75, 3.05) is 26.2 Å². The first-order chi connectivity index (χ1) is 9.74. The number of aryl methyl sites for hydroxylation is 1. The van der Waals surface area contributed by atoms with Crippen molar-refractivity contribution in [3.05, 3.63) is 29.3 Å². The van der Waals surface area contributed by atoms with E-state index in [1.165, 1.54) is 43.5 Å². The van der Waals surface area contributed by atoms with Crippen LogP contribution < -0.4 is 10.5 Å². The van der Waals surface area contributed by atoms with Crippen molar-refractivity contribution in [2.24, 2.45) is 11.7 Å². The third-order valence-corrected chi connectivity index (χ3v) is 4.60. The van der Waals surface area contributed by atoms with Gasteiger partial charge in [0, 0.05) is 19.5 Å². The smallest absolute Gasteiger partial charge is 0.123 e. The molecule has 0 aromatic heterocycles. The molecule has 2 heterocycles. The number of hydrogen-bond acceptors (Lipinski definition) is 3. The number of fused-ring (bicyclic) bond motifs is 1. The highest BCUT2D eigenvalue weighted by Gasteiger charge is 2.27. The van der Waals surface area contributed by atoms with E-state index in [0.717, 1.165) is 31.2 Å². The second-order valence-corrected chi connectivity index (χ2v) is 6.40. The summed E-state index contributed by atoms with van der Waals surface area (Å²) in [5.41, 5.74) is 8.40. The molecule has 3 heteroatoms. The van der Waals surface area contributed by atoms with Gasteiger partial charge in [-0.1, -0.05) is 17.7 Å². The van der Waals surface area contributed by atoms with Gasteiger partial charge in [-0.25, -0.2) is 0 Å². The largest absolute Gasteiger partial charge is 0.488 e. The fraction of sp³-hybridized carbons (Fsp3) is 0.647. The molecule has 0 aliphatic carbocycles. The van der Waals surface area contributed by atoms with Crippen molar-refractivity contribution in [1.29, 1.82) is 0 Å². The van der Waals surface area contributed by atoms with Crippen LogP contribution in [-0.2, 0) is 6.42 Å². The van der Waals surface area contributed by atoms with Gasteiger partial charge in [0.25, 0.3) is 0 Å². The van der Waals surface area contributed by atoms with Crippen LogP contribution in [0.15, 0.2) is 18.2 Å². The van der Waals surface area contributed by atoms with Gasteiger partial charge in [-0.15, -0.1) is 0 Å². The molecule has 0 amide bonds. The molecule has 0 bridgehead atoms. The SMILES string of the molecule is Cc1ccc2c(c1)CC(CN1CCCC(CCN)C1)O2. The van der Waals surface area contributed by atoms with Crippen LogP contribution in [0.5, 0.6) is 5.75 Å². The third kappa shape index (κ3) is 3.15. The van der Waals surface area contributed by atoms with Gasteiger partial charge < -0.3 is 10.5 Å². The second-order valence-electron chi connectivity index (χ2n) is 6.40. The van der Waals surface area contributed by atoms with Gasteiger partial charge in [0.05, 0.1) is 0 Å². The number of rotatable bonds is 4. The lowest BCUT2D eigenvalue weighted by Gasteiger charge is -2.33. The quantitative estimate of drug-likeness (QED) is 0.916. The van der Waals surface area contributed by atoms with Crippen molar-refractivity contribution >= 4 is 0 Å². The van der Waals surface area contributed by atoms with Crippen LogP contribution in [0.3, 0.4) is 0 Å². The molecular weight excluding hydrogens is 248 g/mol. The Balaban J connectivity index is 1.55. The summed E-state index contributed by atoms with van der Waals surface area (Å²) in [5, 5.41) is 0. The fourth-order valence-electron chi connectivity index (χ4n) is 3.63. The number of nitrogens with two attached hydrogens (primary N) is 1. The van der Waals surface area contributed by atoms with E-state index in [2.05, 4.69) is 30.0 Å². The summed E-state index contributed by atoms with van der Waals surface area (Å²) < 4.78 is 6.09. The van der Waals surface area contributed by atoms with E-state index in [1.807, 2.05) is 0 Å². The Labute approximate surface area is 122 Å². The molecule has 1 aromatic rings. The fourth-order valence-corrected chi connectivity index (χ4v) is 3.63. The molecular formula is C17H26N2O. The third-order valence-electron chi connectivity index (χ3n) is 4.60. The number of nitrogens with zero attached hydrogens (tertiary/aromatic N) is 1. The lowest BCUT2D eigenvalue weighted by Crippen LogP contribution is -2.41. The highest BCUT2D eigenvalue weighted by molar-refractivity contribution is 5.40. The van der Waals surface area contributed by atoms with Crippen molar-refractivity contribution < 1.29 is 4.74 Å². The standard InChI is InChI=1S/C17H26N2O/c1-13-4-5-17-15(9-13)10-16(20-17)12-19-8-2-3-14(11-19)6-7-18/h4-5,9,14,16H,2-3,6-8,10-12,18H2,1H3. The highest BCUT2D eigenvalue weighted by atomic mass is 16.5. The first-order valence-corrected chi connectivity index (χ1v) is 7.93. The van der Waals surface area contributed by atoms with Gasteiger partial charge in [-0.05, 0) is 56.8 Å². The molecule has 0 spiro atoms. The first-order valence-electron chi connectivity index (χ1n) is 7.93. The minimum Gasteiger partial charge on any atom is -0.488 e.